The highest BCUT2D eigenvalue weighted by atomic mass is 32.2. The van der Waals surface area contributed by atoms with Crippen LogP contribution in [-0.4, -0.2) is 38.6 Å². The highest BCUT2D eigenvalue weighted by Crippen LogP contribution is 2.26. The van der Waals surface area contributed by atoms with E-state index in [2.05, 4.69) is 0 Å². The number of para-hydroxylation sites is 1. The van der Waals surface area contributed by atoms with Crippen molar-refractivity contribution in [2.45, 2.75) is 0 Å². The minimum absolute atomic E-state index is 0.0147. The predicted molar refractivity (Wildman–Crippen MR) is 60.3 cm³/mol. The second-order valence-corrected chi connectivity index (χ2v) is 5.41. The molecule has 1 aromatic rings. The molecule has 1 aliphatic rings. The van der Waals surface area contributed by atoms with Gasteiger partial charge in [-0.15, -0.1) is 0 Å². The molecule has 0 bridgehead atoms. The zero-order valence-corrected chi connectivity index (χ0v) is 9.73. The fourth-order valence-electron chi connectivity index (χ4n) is 1.74. The fraction of sp³-hybridized carbons (Fsp3) is 0.300. The van der Waals surface area contributed by atoms with Gasteiger partial charge in [-0.1, -0.05) is 12.1 Å². The lowest BCUT2D eigenvalue weighted by atomic mass is 10.3. The third-order valence-electron chi connectivity index (χ3n) is 2.56. The Morgan fingerprint density at radius 1 is 1.29 bits per heavy atom. The monoisotopic (exact) mass is 258 g/mol. The molecular formula is C10H11FN2O3S. The molecule has 0 aromatic heterocycles. The van der Waals surface area contributed by atoms with Gasteiger partial charge in [0.15, 0.2) is 0 Å². The zero-order chi connectivity index (χ0) is 12.5. The normalized spacial score (nSPS) is 19.5. The third-order valence-corrected chi connectivity index (χ3v) is 4.48. The van der Waals surface area contributed by atoms with Gasteiger partial charge in [0.2, 0.25) is 0 Å². The van der Waals surface area contributed by atoms with Crippen molar-refractivity contribution in [1.82, 2.24) is 4.31 Å². The number of carbonyl (C=O) groups is 1. The Morgan fingerprint density at radius 3 is 2.65 bits per heavy atom. The van der Waals surface area contributed by atoms with Crippen LogP contribution in [0.2, 0.25) is 0 Å². The first-order valence-corrected chi connectivity index (χ1v) is 6.43. The standard InChI is InChI=1S/C10H11FN2O3S/c11-9-3-1-2-4-10(9)13-6-5-12(7-8-14)17(13,15)16/h1-4,8H,5-7H2. The summed E-state index contributed by atoms with van der Waals surface area (Å²) in [5.74, 6) is -0.593. The lowest BCUT2D eigenvalue weighted by molar-refractivity contribution is -0.108. The van der Waals surface area contributed by atoms with Crippen LogP contribution in [0.3, 0.4) is 0 Å². The third kappa shape index (κ3) is 2.03. The molecule has 0 saturated carbocycles. The molecule has 0 N–H and O–H groups in total. The van der Waals surface area contributed by atoms with Crippen LogP contribution in [0.25, 0.3) is 0 Å². The Bertz CT molecular complexity index is 532. The number of aldehydes is 1. The number of hydrogen-bond acceptors (Lipinski definition) is 3. The van der Waals surface area contributed by atoms with Crippen molar-refractivity contribution >= 4 is 22.2 Å². The molecule has 0 unspecified atom stereocenters. The first-order chi connectivity index (χ1) is 8.07. The topological polar surface area (TPSA) is 57.7 Å². The summed E-state index contributed by atoms with van der Waals surface area (Å²) >= 11 is 0. The maximum atomic E-state index is 13.5. The van der Waals surface area contributed by atoms with Crippen molar-refractivity contribution in [3.05, 3.63) is 30.1 Å². The van der Waals surface area contributed by atoms with Gasteiger partial charge in [-0.05, 0) is 12.1 Å². The van der Waals surface area contributed by atoms with Crippen LogP contribution in [0.5, 0.6) is 0 Å². The number of nitrogens with zero attached hydrogens (tertiary/aromatic N) is 2. The predicted octanol–water partition coefficient (Wildman–Crippen LogP) is 0.391. The van der Waals surface area contributed by atoms with Gasteiger partial charge in [-0.3, -0.25) is 4.31 Å². The Hall–Kier alpha value is -1.47. The molecule has 17 heavy (non-hydrogen) atoms. The van der Waals surface area contributed by atoms with Crippen LogP contribution in [0.1, 0.15) is 0 Å². The van der Waals surface area contributed by atoms with Gasteiger partial charge >= 0.3 is 10.2 Å². The van der Waals surface area contributed by atoms with Crippen molar-refractivity contribution in [3.63, 3.8) is 0 Å². The Balaban J connectivity index is 2.37. The number of halogens is 1. The maximum Gasteiger partial charge on any atom is 0.304 e. The number of hydrogen-bond donors (Lipinski definition) is 0. The summed E-state index contributed by atoms with van der Waals surface area (Å²) in [5, 5.41) is 0. The van der Waals surface area contributed by atoms with Crippen molar-refractivity contribution in [2.75, 3.05) is 23.9 Å². The summed E-state index contributed by atoms with van der Waals surface area (Å²) in [5.41, 5.74) is 0.0147. The van der Waals surface area contributed by atoms with E-state index in [0.717, 1.165) is 8.61 Å². The van der Waals surface area contributed by atoms with Crippen LogP contribution >= 0.6 is 0 Å². The molecule has 1 saturated heterocycles. The molecule has 0 aliphatic carbocycles. The van der Waals surface area contributed by atoms with Crippen LogP contribution in [0, 0.1) is 5.82 Å². The smallest absolute Gasteiger partial charge is 0.302 e. The largest absolute Gasteiger partial charge is 0.304 e. The quantitative estimate of drug-likeness (QED) is 0.737. The molecule has 1 fully saturated rings. The van der Waals surface area contributed by atoms with Crippen LogP contribution in [0.4, 0.5) is 10.1 Å². The molecule has 0 atom stereocenters. The Kier molecular flexibility index (Phi) is 3.12. The Labute approximate surface area is 98.6 Å². The van der Waals surface area contributed by atoms with Crippen LogP contribution in [-0.2, 0) is 15.0 Å². The van der Waals surface area contributed by atoms with Crippen LogP contribution in [0.15, 0.2) is 24.3 Å². The average Bonchev–Trinajstić information content (AvgIpc) is 2.57. The summed E-state index contributed by atoms with van der Waals surface area (Å²) in [6, 6.07) is 5.66. The van der Waals surface area contributed by atoms with Crippen molar-refractivity contribution in [3.8, 4) is 0 Å². The number of carbonyl (C=O) groups excluding carboxylic acids is 1. The van der Waals surface area contributed by atoms with Gasteiger partial charge in [0.1, 0.15) is 12.1 Å². The fourth-order valence-corrected chi connectivity index (χ4v) is 3.29. The summed E-state index contributed by atoms with van der Waals surface area (Å²) in [6.45, 7) is 0.139. The minimum Gasteiger partial charge on any atom is -0.302 e. The molecule has 2 rings (SSSR count). The summed E-state index contributed by atoms with van der Waals surface area (Å²) in [7, 11) is -3.77. The number of rotatable bonds is 3. The highest BCUT2D eigenvalue weighted by molar-refractivity contribution is 7.90. The highest BCUT2D eigenvalue weighted by Gasteiger charge is 2.37. The van der Waals surface area contributed by atoms with Gasteiger partial charge in [-0.2, -0.15) is 12.7 Å². The molecule has 92 valence electrons. The van der Waals surface area contributed by atoms with E-state index >= 15 is 0 Å². The van der Waals surface area contributed by atoms with Crippen LogP contribution < -0.4 is 4.31 Å². The number of benzene rings is 1. The van der Waals surface area contributed by atoms with E-state index in [9.17, 15) is 17.6 Å². The first kappa shape index (κ1) is 12.0. The first-order valence-electron chi connectivity index (χ1n) is 5.03. The lowest BCUT2D eigenvalue weighted by Gasteiger charge is -2.19. The molecule has 0 spiro atoms. The van der Waals surface area contributed by atoms with E-state index in [0.29, 0.717) is 6.29 Å². The minimum atomic E-state index is -3.77. The second-order valence-electron chi connectivity index (χ2n) is 3.56. The maximum absolute atomic E-state index is 13.5. The van der Waals surface area contributed by atoms with E-state index in [1.807, 2.05) is 0 Å². The van der Waals surface area contributed by atoms with Gasteiger partial charge < -0.3 is 4.79 Å². The molecule has 1 aliphatic heterocycles. The zero-order valence-electron chi connectivity index (χ0n) is 8.91. The molecular weight excluding hydrogens is 247 g/mol. The lowest BCUT2D eigenvalue weighted by Crippen LogP contribution is -2.34. The number of anilines is 1. The van der Waals surface area contributed by atoms with Gasteiger partial charge in [-0.25, -0.2) is 4.39 Å². The van der Waals surface area contributed by atoms with Crippen molar-refractivity contribution in [1.29, 1.82) is 0 Å². The van der Waals surface area contributed by atoms with Gasteiger partial charge in [0, 0.05) is 13.1 Å². The molecule has 1 heterocycles. The van der Waals surface area contributed by atoms with E-state index in [-0.39, 0.29) is 25.3 Å². The summed E-state index contributed by atoms with van der Waals surface area (Å²) in [6.07, 6.45) is 0.516. The van der Waals surface area contributed by atoms with E-state index in [1.165, 1.54) is 18.2 Å². The van der Waals surface area contributed by atoms with Gasteiger partial charge in [0.25, 0.3) is 0 Å². The molecule has 0 amide bonds. The summed E-state index contributed by atoms with van der Waals surface area (Å²) in [4.78, 5) is 10.4. The van der Waals surface area contributed by atoms with Gasteiger partial charge in [0.05, 0.1) is 12.2 Å². The molecule has 5 nitrogen and oxygen atoms in total. The molecule has 0 radical (unpaired) electrons. The SMILES string of the molecule is O=CCN1CCN(c2ccccc2F)S1(=O)=O. The average molecular weight is 258 g/mol. The van der Waals surface area contributed by atoms with E-state index < -0.39 is 16.0 Å². The van der Waals surface area contributed by atoms with E-state index in [4.69, 9.17) is 0 Å². The second kappa shape index (κ2) is 4.42. The van der Waals surface area contributed by atoms with E-state index in [1.54, 1.807) is 6.07 Å². The van der Waals surface area contributed by atoms with Crippen molar-refractivity contribution in [2.24, 2.45) is 0 Å². The Morgan fingerprint density at radius 2 is 2.00 bits per heavy atom. The molecule has 1 aromatic carbocycles. The summed E-state index contributed by atoms with van der Waals surface area (Å²) < 4.78 is 39.4. The van der Waals surface area contributed by atoms with Crippen molar-refractivity contribution < 1.29 is 17.6 Å². The molecule has 7 heteroatoms.